The zero-order valence-electron chi connectivity index (χ0n) is 13.7. The molecule has 1 amide bonds. The lowest BCUT2D eigenvalue weighted by atomic mass is 10.0. The first-order valence-corrected chi connectivity index (χ1v) is 8.24. The molecule has 4 nitrogen and oxygen atoms in total. The molecule has 0 aliphatic carbocycles. The maximum Gasteiger partial charge on any atom is 0.223 e. The standard InChI is InChI=1S/C20H20N2O2/c1-24-15-7-8-16-17(12-21-18(16)11-15)19-9-10-20(23)22(19)13-14-5-3-2-4-6-14/h2-8,11-12,19,21H,9-10,13H2,1H3/t19-/m1/s1. The summed E-state index contributed by atoms with van der Waals surface area (Å²) in [5, 5.41) is 1.16. The number of H-pyrrole nitrogens is 1. The van der Waals surface area contributed by atoms with E-state index in [-0.39, 0.29) is 11.9 Å². The molecular weight excluding hydrogens is 300 g/mol. The van der Waals surface area contributed by atoms with Crippen molar-refractivity contribution in [2.24, 2.45) is 0 Å². The molecule has 2 aromatic carbocycles. The minimum absolute atomic E-state index is 0.125. The Morgan fingerprint density at radius 2 is 2.04 bits per heavy atom. The highest BCUT2D eigenvalue weighted by molar-refractivity contribution is 5.87. The van der Waals surface area contributed by atoms with Gasteiger partial charge in [0.2, 0.25) is 5.91 Å². The predicted molar refractivity (Wildman–Crippen MR) is 93.8 cm³/mol. The summed E-state index contributed by atoms with van der Waals surface area (Å²) in [6.45, 7) is 0.660. The molecule has 1 N–H and O–H groups in total. The summed E-state index contributed by atoms with van der Waals surface area (Å²) in [4.78, 5) is 17.7. The van der Waals surface area contributed by atoms with Crippen molar-refractivity contribution in [3.63, 3.8) is 0 Å². The lowest BCUT2D eigenvalue weighted by molar-refractivity contribution is -0.129. The molecule has 4 rings (SSSR count). The van der Waals surface area contributed by atoms with Gasteiger partial charge in [-0.15, -0.1) is 0 Å². The molecule has 0 radical (unpaired) electrons. The van der Waals surface area contributed by atoms with E-state index in [1.807, 2.05) is 41.4 Å². The summed E-state index contributed by atoms with van der Waals surface area (Å²) < 4.78 is 5.29. The monoisotopic (exact) mass is 320 g/mol. The number of likely N-dealkylation sites (tertiary alicyclic amines) is 1. The van der Waals surface area contributed by atoms with Crippen molar-refractivity contribution in [2.45, 2.75) is 25.4 Å². The van der Waals surface area contributed by atoms with Crippen LogP contribution in [0.3, 0.4) is 0 Å². The Labute approximate surface area is 141 Å². The van der Waals surface area contributed by atoms with Crippen LogP contribution in [0.4, 0.5) is 0 Å². The minimum Gasteiger partial charge on any atom is -0.497 e. The van der Waals surface area contributed by atoms with Crippen molar-refractivity contribution < 1.29 is 9.53 Å². The SMILES string of the molecule is COc1ccc2c([C@H]3CCC(=O)N3Cc3ccccc3)c[nH]c2c1. The van der Waals surface area contributed by atoms with Gasteiger partial charge in [0.25, 0.3) is 0 Å². The van der Waals surface area contributed by atoms with E-state index in [1.165, 1.54) is 11.1 Å². The molecule has 1 aromatic heterocycles. The van der Waals surface area contributed by atoms with Crippen LogP contribution in [0.2, 0.25) is 0 Å². The highest BCUT2D eigenvalue weighted by atomic mass is 16.5. The third kappa shape index (κ3) is 2.54. The Hall–Kier alpha value is -2.75. The summed E-state index contributed by atoms with van der Waals surface area (Å²) in [5.74, 6) is 1.06. The first kappa shape index (κ1) is 14.8. The lowest BCUT2D eigenvalue weighted by Crippen LogP contribution is -2.27. The molecule has 0 saturated carbocycles. The van der Waals surface area contributed by atoms with E-state index in [1.54, 1.807) is 7.11 Å². The van der Waals surface area contributed by atoms with E-state index >= 15 is 0 Å². The third-order valence-corrected chi connectivity index (χ3v) is 4.80. The number of carbonyl (C=O) groups excluding carboxylic acids is 1. The van der Waals surface area contributed by atoms with Crippen LogP contribution in [0, 0.1) is 0 Å². The number of ether oxygens (including phenoxy) is 1. The number of rotatable bonds is 4. The number of hydrogen-bond donors (Lipinski definition) is 1. The van der Waals surface area contributed by atoms with Crippen molar-refractivity contribution in [1.82, 2.24) is 9.88 Å². The Morgan fingerprint density at radius 3 is 2.83 bits per heavy atom. The van der Waals surface area contributed by atoms with Crippen LogP contribution in [0.1, 0.15) is 30.0 Å². The second-order valence-electron chi connectivity index (χ2n) is 6.22. The molecular formula is C20H20N2O2. The van der Waals surface area contributed by atoms with Gasteiger partial charge < -0.3 is 14.6 Å². The maximum absolute atomic E-state index is 12.4. The van der Waals surface area contributed by atoms with Gasteiger partial charge in [0.05, 0.1) is 13.2 Å². The van der Waals surface area contributed by atoms with E-state index in [0.29, 0.717) is 13.0 Å². The summed E-state index contributed by atoms with van der Waals surface area (Å²) in [5.41, 5.74) is 3.40. The molecule has 122 valence electrons. The van der Waals surface area contributed by atoms with Gasteiger partial charge in [-0.25, -0.2) is 0 Å². The number of nitrogens with one attached hydrogen (secondary N) is 1. The molecule has 3 aromatic rings. The zero-order chi connectivity index (χ0) is 16.5. The van der Waals surface area contributed by atoms with Crippen LogP contribution < -0.4 is 4.74 Å². The molecule has 24 heavy (non-hydrogen) atoms. The summed E-state index contributed by atoms with van der Waals surface area (Å²) in [6.07, 6.45) is 3.51. The lowest BCUT2D eigenvalue weighted by Gasteiger charge is -2.25. The third-order valence-electron chi connectivity index (χ3n) is 4.80. The van der Waals surface area contributed by atoms with Crippen molar-refractivity contribution >= 4 is 16.8 Å². The van der Waals surface area contributed by atoms with Crippen LogP contribution in [0.15, 0.2) is 54.7 Å². The normalized spacial score (nSPS) is 17.6. The number of benzene rings is 2. The number of methoxy groups -OCH3 is 1. The molecule has 0 spiro atoms. The van der Waals surface area contributed by atoms with E-state index in [4.69, 9.17) is 4.74 Å². The van der Waals surface area contributed by atoms with Gasteiger partial charge in [0, 0.05) is 36.1 Å². The van der Waals surface area contributed by atoms with Crippen LogP contribution in [0.5, 0.6) is 5.75 Å². The van der Waals surface area contributed by atoms with Gasteiger partial charge >= 0.3 is 0 Å². The second-order valence-corrected chi connectivity index (χ2v) is 6.22. The van der Waals surface area contributed by atoms with E-state index < -0.39 is 0 Å². The number of hydrogen-bond acceptors (Lipinski definition) is 2. The van der Waals surface area contributed by atoms with Crippen LogP contribution in [-0.4, -0.2) is 22.9 Å². The van der Waals surface area contributed by atoms with Crippen LogP contribution >= 0.6 is 0 Å². The largest absolute Gasteiger partial charge is 0.497 e. The van der Waals surface area contributed by atoms with E-state index in [2.05, 4.69) is 23.2 Å². The van der Waals surface area contributed by atoms with Gasteiger partial charge in [-0.2, -0.15) is 0 Å². The molecule has 4 heteroatoms. The number of carbonyl (C=O) groups is 1. The van der Waals surface area contributed by atoms with Gasteiger partial charge in [0.1, 0.15) is 5.75 Å². The highest BCUT2D eigenvalue weighted by Crippen LogP contribution is 2.38. The van der Waals surface area contributed by atoms with E-state index in [0.717, 1.165) is 23.1 Å². The topological polar surface area (TPSA) is 45.3 Å². The van der Waals surface area contributed by atoms with Gasteiger partial charge in [0.15, 0.2) is 0 Å². The minimum atomic E-state index is 0.125. The summed E-state index contributed by atoms with van der Waals surface area (Å²) >= 11 is 0. The van der Waals surface area contributed by atoms with Gasteiger partial charge in [-0.3, -0.25) is 4.79 Å². The quantitative estimate of drug-likeness (QED) is 0.788. The van der Waals surface area contributed by atoms with Gasteiger partial charge in [-0.1, -0.05) is 30.3 Å². The molecule has 0 bridgehead atoms. The Morgan fingerprint density at radius 1 is 1.21 bits per heavy atom. The average molecular weight is 320 g/mol. The van der Waals surface area contributed by atoms with Crippen molar-refractivity contribution in [2.75, 3.05) is 7.11 Å². The van der Waals surface area contributed by atoms with Crippen LogP contribution in [-0.2, 0) is 11.3 Å². The Balaban J connectivity index is 1.68. The Kier molecular flexibility index (Phi) is 3.73. The number of fused-ring (bicyclic) bond motifs is 1. The van der Waals surface area contributed by atoms with Crippen molar-refractivity contribution in [3.05, 3.63) is 65.9 Å². The summed E-state index contributed by atoms with van der Waals surface area (Å²) in [7, 11) is 1.67. The van der Waals surface area contributed by atoms with E-state index in [9.17, 15) is 4.79 Å². The average Bonchev–Trinajstić information content (AvgIpc) is 3.19. The molecule has 1 saturated heterocycles. The Bertz CT molecular complexity index is 870. The zero-order valence-corrected chi connectivity index (χ0v) is 13.7. The molecule has 1 aliphatic rings. The fraction of sp³-hybridized carbons (Fsp3) is 0.250. The number of aromatic nitrogens is 1. The summed E-state index contributed by atoms with van der Waals surface area (Å²) in [6, 6.07) is 16.3. The van der Waals surface area contributed by atoms with Crippen molar-refractivity contribution in [3.8, 4) is 5.75 Å². The number of nitrogens with zero attached hydrogens (tertiary/aromatic N) is 1. The predicted octanol–water partition coefficient (Wildman–Crippen LogP) is 4.04. The van der Waals surface area contributed by atoms with Crippen molar-refractivity contribution in [1.29, 1.82) is 0 Å². The number of aromatic amines is 1. The fourth-order valence-electron chi connectivity index (χ4n) is 3.57. The number of amides is 1. The first-order valence-electron chi connectivity index (χ1n) is 8.24. The maximum atomic E-state index is 12.4. The highest BCUT2D eigenvalue weighted by Gasteiger charge is 2.33. The first-order chi connectivity index (χ1) is 11.8. The van der Waals surface area contributed by atoms with Gasteiger partial charge in [-0.05, 0) is 29.7 Å². The smallest absolute Gasteiger partial charge is 0.223 e. The van der Waals surface area contributed by atoms with Crippen LogP contribution in [0.25, 0.3) is 10.9 Å². The molecule has 1 aliphatic heterocycles. The molecule has 1 fully saturated rings. The molecule has 1 atom stereocenters. The molecule has 2 heterocycles. The second kappa shape index (κ2) is 6.04. The molecule has 0 unspecified atom stereocenters. The fourth-order valence-corrected chi connectivity index (χ4v) is 3.57.